The van der Waals surface area contributed by atoms with Crippen molar-refractivity contribution in [1.29, 1.82) is 0 Å². The van der Waals surface area contributed by atoms with Crippen LogP contribution in [0.5, 0.6) is 0 Å². The number of aromatic nitrogens is 4. The lowest BCUT2D eigenvalue weighted by atomic mass is 10.2. The largest absolute Gasteiger partial charge is 0.408 e. The average molecular weight is 328 g/mol. The molecule has 0 aliphatic carbocycles. The molecular formula is C13H11F3N4OS. The summed E-state index contributed by atoms with van der Waals surface area (Å²) in [6.07, 6.45) is -2.82. The van der Waals surface area contributed by atoms with Crippen LogP contribution in [0, 0.1) is 6.92 Å². The summed E-state index contributed by atoms with van der Waals surface area (Å²) in [4.78, 5) is 4.25. The Morgan fingerprint density at radius 3 is 2.82 bits per heavy atom. The van der Waals surface area contributed by atoms with E-state index in [4.69, 9.17) is 4.52 Å². The molecule has 5 nitrogen and oxygen atoms in total. The van der Waals surface area contributed by atoms with Gasteiger partial charge in [-0.05, 0) is 23.9 Å². The predicted molar refractivity (Wildman–Crippen MR) is 73.4 cm³/mol. The number of nitrogens with zero attached hydrogens (tertiary/aromatic N) is 4. The molecule has 0 N–H and O–H groups in total. The molecule has 3 aromatic heterocycles. The van der Waals surface area contributed by atoms with Crippen molar-refractivity contribution in [1.82, 2.24) is 19.9 Å². The summed E-state index contributed by atoms with van der Waals surface area (Å²) in [6.45, 7) is 0.830. The Morgan fingerprint density at radius 2 is 2.14 bits per heavy atom. The highest BCUT2D eigenvalue weighted by molar-refractivity contribution is 7.08. The maximum absolute atomic E-state index is 12.3. The Labute approximate surface area is 127 Å². The van der Waals surface area contributed by atoms with Crippen LogP contribution < -0.4 is 0 Å². The molecule has 0 saturated heterocycles. The lowest BCUT2D eigenvalue weighted by molar-refractivity contribution is -0.142. The predicted octanol–water partition coefficient (Wildman–Crippen LogP) is 3.46. The number of hydrogen-bond acceptors (Lipinski definition) is 5. The minimum absolute atomic E-state index is 0.195. The van der Waals surface area contributed by atoms with E-state index < -0.39 is 12.7 Å². The van der Waals surface area contributed by atoms with Crippen LogP contribution in [0.3, 0.4) is 0 Å². The maximum atomic E-state index is 12.3. The highest BCUT2D eigenvalue weighted by Crippen LogP contribution is 2.24. The molecule has 0 atom stereocenters. The van der Waals surface area contributed by atoms with E-state index >= 15 is 0 Å². The third-order valence-corrected chi connectivity index (χ3v) is 3.80. The third-order valence-electron chi connectivity index (χ3n) is 2.93. The summed E-state index contributed by atoms with van der Waals surface area (Å²) >= 11 is 1.54. The normalized spacial score (nSPS) is 12.0. The van der Waals surface area contributed by atoms with E-state index in [2.05, 4.69) is 15.2 Å². The van der Waals surface area contributed by atoms with Crippen LogP contribution in [0.4, 0.5) is 13.2 Å². The minimum Gasteiger partial charge on any atom is -0.339 e. The minimum atomic E-state index is -4.29. The maximum Gasteiger partial charge on any atom is 0.408 e. The van der Waals surface area contributed by atoms with Crippen molar-refractivity contribution >= 4 is 11.3 Å². The van der Waals surface area contributed by atoms with Gasteiger partial charge in [0.05, 0.1) is 12.1 Å². The standard InChI is InChI=1S/C13H11F3N4OS/c1-8-5-22-6-10(8)12-17-11(21-19-12)4-9-2-3-20(18-9)7-13(14,15)16/h2-3,5-6H,4,7H2,1H3. The fourth-order valence-electron chi connectivity index (χ4n) is 1.95. The van der Waals surface area contributed by atoms with Crippen LogP contribution >= 0.6 is 11.3 Å². The van der Waals surface area contributed by atoms with Crippen molar-refractivity contribution < 1.29 is 17.7 Å². The molecule has 0 radical (unpaired) electrons. The van der Waals surface area contributed by atoms with Gasteiger partial charge in [-0.15, -0.1) is 0 Å². The van der Waals surface area contributed by atoms with E-state index in [-0.39, 0.29) is 6.42 Å². The summed E-state index contributed by atoms with van der Waals surface area (Å²) in [7, 11) is 0. The first-order chi connectivity index (χ1) is 10.4. The van der Waals surface area contributed by atoms with Crippen molar-refractivity contribution in [2.45, 2.75) is 26.1 Å². The van der Waals surface area contributed by atoms with Crippen molar-refractivity contribution in [3.8, 4) is 11.4 Å². The molecule has 0 amide bonds. The summed E-state index contributed by atoms with van der Waals surface area (Å²) < 4.78 is 42.8. The summed E-state index contributed by atoms with van der Waals surface area (Å²) in [6, 6.07) is 1.51. The van der Waals surface area contributed by atoms with Gasteiger partial charge < -0.3 is 4.52 Å². The number of halogens is 3. The number of aryl methyl sites for hydroxylation is 1. The first-order valence-corrected chi connectivity index (χ1v) is 7.30. The van der Waals surface area contributed by atoms with Gasteiger partial charge in [-0.1, -0.05) is 5.16 Å². The number of thiophene rings is 1. The first kappa shape index (κ1) is 14.8. The molecule has 0 saturated carbocycles. The third kappa shape index (κ3) is 3.35. The van der Waals surface area contributed by atoms with Gasteiger partial charge in [0.2, 0.25) is 11.7 Å². The molecule has 3 heterocycles. The monoisotopic (exact) mass is 328 g/mol. The van der Waals surface area contributed by atoms with Crippen LogP contribution in [0.1, 0.15) is 17.1 Å². The Bertz CT molecular complexity index is 774. The lowest BCUT2D eigenvalue weighted by Gasteiger charge is -2.05. The molecule has 9 heteroatoms. The van der Waals surface area contributed by atoms with Gasteiger partial charge >= 0.3 is 6.18 Å². The molecular weight excluding hydrogens is 317 g/mol. The number of alkyl halides is 3. The van der Waals surface area contributed by atoms with E-state index in [1.165, 1.54) is 23.6 Å². The second-order valence-electron chi connectivity index (χ2n) is 4.78. The zero-order valence-corrected chi connectivity index (χ0v) is 12.3. The Balaban J connectivity index is 1.72. The van der Waals surface area contributed by atoms with Crippen LogP contribution in [0.15, 0.2) is 27.5 Å². The van der Waals surface area contributed by atoms with Crippen LogP contribution in [-0.2, 0) is 13.0 Å². The Morgan fingerprint density at radius 1 is 1.32 bits per heavy atom. The SMILES string of the molecule is Cc1cscc1-c1noc(Cc2ccn(CC(F)(F)F)n2)n1. The van der Waals surface area contributed by atoms with E-state index in [1.54, 1.807) is 0 Å². The van der Waals surface area contributed by atoms with Crippen LogP contribution in [0.2, 0.25) is 0 Å². The van der Waals surface area contributed by atoms with Gasteiger partial charge in [0.1, 0.15) is 6.54 Å². The molecule has 3 rings (SSSR count). The quantitative estimate of drug-likeness (QED) is 0.736. The van der Waals surface area contributed by atoms with Crippen molar-refractivity contribution in [2.24, 2.45) is 0 Å². The zero-order chi connectivity index (χ0) is 15.7. The molecule has 0 aromatic carbocycles. The van der Waals surface area contributed by atoms with E-state index in [0.29, 0.717) is 17.4 Å². The van der Waals surface area contributed by atoms with Crippen molar-refractivity contribution in [3.63, 3.8) is 0 Å². The molecule has 0 aliphatic rings. The van der Waals surface area contributed by atoms with E-state index in [1.807, 2.05) is 17.7 Å². The summed E-state index contributed by atoms with van der Waals surface area (Å²) in [5, 5.41) is 11.6. The molecule has 0 bridgehead atoms. The van der Waals surface area contributed by atoms with E-state index in [9.17, 15) is 13.2 Å². The topological polar surface area (TPSA) is 56.7 Å². The molecule has 0 spiro atoms. The molecule has 3 aromatic rings. The van der Waals surface area contributed by atoms with Gasteiger partial charge in [-0.25, -0.2) is 0 Å². The van der Waals surface area contributed by atoms with Gasteiger partial charge in [0.25, 0.3) is 0 Å². The van der Waals surface area contributed by atoms with E-state index in [0.717, 1.165) is 15.8 Å². The summed E-state index contributed by atoms with van der Waals surface area (Å²) in [5.74, 6) is 0.793. The van der Waals surface area contributed by atoms with Gasteiger partial charge in [0, 0.05) is 17.1 Å². The van der Waals surface area contributed by atoms with Gasteiger partial charge in [0.15, 0.2) is 0 Å². The molecule has 0 aliphatic heterocycles. The second-order valence-corrected chi connectivity index (χ2v) is 5.52. The highest BCUT2D eigenvalue weighted by Gasteiger charge is 2.28. The number of hydrogen-bond donors (Lipinski definition) is 0. The Kier molecular flexibility index (Phi) is 3.73. The van der Waals surface area contributed by atoms with Crippen molar-refractivity contribution in [3.05, 3.63) is 40.2 Å². The Hall–Kier alpha value is -2.16. The first-order valence-electron chi connectivity index (χ1n) is 6.35. The van der Waals surface area contributed by atoms with Crippen LogP contribution in [-0.4, -0.2) is 26.1 Å². The zero-order valence-electron chi connectivity index (χ0n) is 11.5. The molecule has 116 valence electrons. The second kappa shape index (κ2) is 5.56. The fourth-order valence-corrected chi connectivity index (χ4v) is 2.78. The van der Waals surface area contributed by atoms with Gasteiger partial charge in [-0.3, -0.25) is 4.68 Å². The lowest BCUT2D eigenvalue weighted by Crippen LogP contribution is -2.18. The molecule has 0 unspecified atom stereocenters. The average Bonchev–Trinajstić information content (AvgIpc) is 3.10. The smallest absolute Gasteiger partial charge is 0.339 e. The summed E-state index contributed by atoms with van der Waals surface area (Å²) in [5.41, 5.74) is 2.39. The van der Waals surface area contributed by atoms with Crippen LogP contribution in [0.25, 0.3) is 11.4 Å². The molecule has 0 fully saturated rings. The highest BCUT2D eigenvalue weighted by atomic mass is 32.1. The molecule has 22 heavy (non-hydrogen) atoms. The number of rotatable bonds is 4. The van der Waals surface area contributed by atoms with Crippen molar-refractivity contribution in [2.75, 3.05) is 0 Å². The fraction of sp³-hybridized carbons (Fsp3) is 0.308. The van der Waals surface area contributed by atoms with Gasteiger partial charge in [-0.2, -0.15) is 34.6 Å².